The van der Waals surface area contributed by atoms with E-state index in [9.17, 15) is 19.2 Å². The molecule has 218 valence electrons. The molecule has 0 bridgehead atoms. The van der Waals surface area contributed by atoms with Crippen molar-refractivity contribution in [2.75, 3.05) is 0 Å². The fourth-order valence-electron chi connectivity index (χ4n) is 4.46. The Morgan fingerprint density at radius 3 is 0.833 bits per heavy atom. The highest BCUT2D eigenvalue weighted by molar-refractivity contribution is 6.58. The molecule has 0 aromatic heterocycles. The fraction of sp³-hybridized carbons (Fsp3) is 0.0833. The Bertz CT molecular complexity index is 1600. The fourth-order valence-corrected chi connectivity index (χ4v) is 7.76. The summed E-state index contributed by atoms with van der Waals surface area (Å²) in [5.41, 5.74) is -2.25. The molecule has 3 aromatic rings. The van der Waals surface area contributed by atoms with Gasteiger partial charge in [0.15, 0.2) is 0 Å². The maximum absolute atomic E-state index is 13.5. The average molecular weight is 810 g/mol. The van der Waals surface area contributed by atoms with Crippen molar-refractivity contribution in [2.24, 2.45) is 0 Å². The molecule has 0 N–H and O–H groups in total. The van der Waals surface area contributed by atoms with Gasteiger partial charge in [0.05, 0.1) is 62.4 Å². The van der Waals surface area contributed by atoms with Gasteiger partial charge in [-0.1, -0.05) is 163 Å². The van der Waals surface area contributed by atoms with Crippen molar-refractivity contribution in [1.82, 2.24) is 9.80 Å². The second-order valence-electron chi connectivity index (χ2n) is 8.53. The Hall–Kier alpha value is -0.580. The van der Waals surface area contributed by atoms with Crippen LogP contribution in [0.5, 0.6) is 0 Å². The number of alkyl halides is 4. The number of nitrogens with zero attached hydrogens (tertiary/aromatic N) is 2. The molecule has 2 heterocycles. The quantitative estimate of drug-likeness (QED) is 0.0865. The number of benzene rings is 3. The van der Waals surface area contributed by atoms with Gasteiger partial charge in [0.1, 0.15) is 0 Å². The summed E-state index contributed by atoms with van der Waals surface area (Å²) in [5, 5.41) is -2.65. The summed E-state index contributed by atoms with van der Waals surface area (Å²) >= 11 is 76.1. The third-order valence-electron chi connectivity index (χ3n) is 6.34. The molecule has 2 aliphatic rings. The Morgan fingerprint density at radius 2 is 0.619 bits per heavy atom. The number of halogens is 12. The predicted octanol–water partition coefficient (Wildman–Crippen LogP) is 10.7. The summed E-state index contributed by atoms with van der Waals surface area (Å²) in [7, 11) is 0. The molecule has 0 unspecified atom stereocenters. The van der Waals surface area contributed by atoms with Gasteiger partial charge in [-0.05, 0) is 0 Å². The number of amides is 4. The van der Waals surface area contributed by atoms with Gasteiger partial charge in [-0.15, -0.1) is 0 Å². The Balaban J connectivity index is 1.66. The molecule has 0 saturated heterocycles. The van der Waals surface area contributed by atoms with E-state index in [1.807, 2.05) is 0 Å². The zero-order chi connectivity index (χ0) is 31.4. The highest BCUT2D eigenvalue weighted by Gasteiger charge is 2.56. The van der Waals surface area contributed by atoms with Gasteiger partial charge < -0.3 is 0 Å². The van der Waals surface area contributed by atoms with Crippen LogP contribution in [0, 0.1) is 0 Å². The number of carbonyl (C=O) groups excluding carboxylic acids is 4. The maximum atomic E-state index is 13.5. The van der Waals surface area contributed by atoms with Crippen LogP contribution in [0.1, 0.15) is 52.6 Å². The second-order valence-corrected chi connectivity index (χ2v) is 14.1. The van der Waals surface area contributed by atoms with Gasteiger partial charge in [0, 0.05) is 11.1 Å². The van der Waals surface area contributed by atoms with Gasteiger partial charge >= 0.3 is 0 Å². The Kier molecular flexibility index (Phi) is 8.62. The van der Waals surface area contributed by atoms with Crippen LogP contribution in [-0.2, 0) is 8.91 Å². The normalized spacial score (nSPS) is 15.2. The Labute approximate surface area is 296 Å². The molecule has 5 rings (SSSR count). The molecular weight excluding hydrogens is 806 g/mol. The largest absolute Gasteiger partial charge is 0.268 e. The van der Waals surface area contributed by atoms with Crippen molar-refractivity contribution in [1.29, 1.82) is 0 Å². The molecule has 18 heteroatoms. The highest BCUT2D eigenvalue weighted by atomic mass is 35.5. The van der Waals surface area contributed by atoms with Gasteiger partial charge in [-0.2, -0.15) is 0 Å². The molecule has 2 aliphatic heterocycles. The van der Waals surface area contributed by atoms with Gasteiger partial charge in [-0.3, -0.25) is 19.2 Å². The lowest BCUT2D eigenvalue weighted by Crippen LogP contribution is -2.46. The molecule has 0 radical (unpaired) electrons. The zero-order valence-corrected chi connectivity index (χ0v) is 28.4. The van der Waals surface area contributed by atoms with E-state index in [4.69, 9.17) is 139 Å². The van der Waals surface area contributed by atoms with Gasteiger partial charge in [0.2, 0.25) is 8.91 Å². The van der Waals surface area contributed by atoms with Crippen LogP contribution in [0.15, 0.2) is 24.3 Å². The third kappa shape index (κ3) is 4.44. The predicted molar refractivity (Wildman–Crippen MR) is 167 cm³/mol. The molecule has 3 aromatic carbocycles. The zero-order valence-electron chi connectivity index (χ0n) is 19.4. The minimum absolute atomic E-state index is 0.288. The lowest BCUT2D eigenvalue weighted by molar-refractivity contribution is 0.0574. The van der Waals surface area contributed by atoms with Crippen LogP contribution in [0.4, 0.5) is 0 Å². The first kappa shape index (κ1) is 32.8. The van der Waals surface area contributed by atoms with E-state index in [1.165, 1.54) is 24.3 Å². The Morgan fingerprint density at radius 1 is 0.405 bits per heavy atom. The van der Waals surface area contributed by atoms with Gasteiger partial charge in [0.25, 0.3) is 23.6 Å². The molecule has 0 atom stereocenters. The number of hydrogen-bond acceptors (Lipinski definition) is 4. The van der Waals surface area contributed by atoms with E-state index < -0.39 is 54.8 Å². The first-order valence-electron chi connectivity index (χ1n) is 10.8. The van der Waals surface area contributed by atoms with E-state index >= 15 is 0 Å². The number of fused-ring (bicyclic) bond motifs is 2. The summed E-state index contributed by atoms with van der Waals surface area (Å²) in [6, 6.07) is 5.30. The van der Waals surface area contributed by atoms with Crippen molar-refractivity contribution in [3.63, 3.8) is 0 Å². The minimum atomic E-state index is -2.61. The molecule has 6 nitrogen and oxygen atoms in total. The molecule has 0 saturated carbocycles. The van der Waals surface area contributed by atoms with E-state index in [1.54, 1.807) is 0 Å². The molecule has 4 amide bonds. The van der Waals surface area contributed by atoms with Crippen LogP contribution in [0.3, 0.4) is 0 Å². The number of rotatable bonds is 4. The maximum Gasteiger partial charge on any atom is 0.265 e. The first-order valence-corrected chi connectivity index (χ1v) is 15.3. The first-order chi connectivity index (χ1) is 19.4. The van der Waals surface area contributed by atoms with Crippen molar-refractivity contribution in [2.45, 2.75) is 8.91 Å². The van der Waals surface area contributed by atoms with Crippen molar-refractivity contribution in [3.8, 4) is 0 Å². The number of hydrogen-bond donors (Lipinski definition) is 0. The summed E-state index contributed by atoms with van der Waals surface area (Å²) in [6.45, 7) is 0. The highest BCUT2D eigenvalue weighted by Crippen LogP contribution is 2.54. The minimum Gasteiger partial charge on any atom is -0.268 e. The summed E-state index contributed by atoms with van der Waals surface area (Å²) in [6.07, 6.45) is 0. The molecule has 0 fully saturated rings. The van der Waals surface area contributed by atoms with E-state index in [2.05, 4.69) is 0 Å². The lowest BCUT2D eigenvalue weighted by atomic mass is 10.0. The second kappa shape index (κ2) is 11.0. The number of imide groups is 2. The van der Waals surface area contributed by atoms with Crippen LogP contribution in [0.2, 0.25) is 40.2 Å². The number of carbonyl (C=O) groups is 4. The van der Waals surface area contributed by atoms with E-state index in [0.717, 1.165) is 0 Å². The SMILES string of the molecule is O=C1c2c(Cl)c(Cl)c(Cl)c(Cl)c2C(=O)N1C(Cl)(Cl)c1ccccc1C(Cl)(Cl)N1C(=O)c2c(Cl)c(Cl)c(Cl)c(Cl)c2C1=O. The topological polar surface area (TPSA) is 74.8 Å². The molecule has 42 heavy (non-hydrogen) atoms. The summed E-state index contributed by atoms with van der Waals surface area (Å²) in [5.74, 6) is -4.39. The van der Waals surface area contributed by atoms with Crippen LogP contribution < -0.4 is 0 Å². The van der Waals surface area contributed by atoms with Crippen LogP contribution in [0.25, 0.3) is 0 Å². The monoisotopic (exact) mass is 804 g/mol. The lowest BCUT2D eigenvalue weighted by Gasteiger charge is -2.36. The van der Waals surface area contributed by atoms with Crippen molar-refractivity contribution in [3.05, 3.63) is 97.8 Å². The summed E-state index contributed by atoms with van der Waals surface area (Å²) < 4.78 is -5.21. The van der Waals surface area contributed by atoms with Crippen LogP contribution >= 0.6 is 139 Å². The van der Waals surface area contributed by atoms with E-state index in [-0.39, 0.29) is 51.3 Å². The standard InChI is InChI=1S/C24H4Cl12N2O4/c25-11-7-8(12(26)16(30)15(11)29)20(40)37(19(7)39)23(33,34)5-3-1-2-4-6(5)24(35,36)38-21(41)9-10(22(38)42)14(28)18(32)17(31)13(9)27/h1-4H. The van der Waals surface area contributed by atoms with E-state index in [0.29, 0.717) is 9.80 Å². The molecule has 0 spiro atoms. The van der Waals surface area contributed by atoms with Crippen LogP contribution in [-0.4, -0.2) is 33.4 Å². The third-order valence-corrected chi connectivity index (χ3v) is 11.4. The summed E-state index contributed by atoms with van der Waals surface area (Å²) in [4.78, 5) is 54.9. The smallest absolute Gasteiger partial charge is 0.265 e. The van der Waals surface area contributed by atoms with Gasteiger partial charge in [-0.25, -0.2) is 9.80 Å². The molecular formula is C24H4Cl12N2O4. The molecule has 0 aliphatic carbocycles. The van der Waals surface area contributed by atoms with Crippen molar-refractivity contribution < 1.29 is 19.2 Å². The average Bonchev–Trinajstić information content (AvgIpc) is 3.37. The van der Waals surface area contributed by atoms with Crippen molar-refractivity contribution >= 4 is 163 Å².